The first-order valence-electron chi connectivity index (χ1n) is 18.7. The zero-order chi connectivity index (χ0) is 51.7. The average Bonchev–Trinajstić information content (AvgIpc) is 3.16. The van der Waals surface area contributed by atoms with E-state index in [-0.39, 0.29) is 52.4 Å². The lowest BCUT2D eigenvalue weighted by Crippen LogP contribution is -2.74. The Hall–Kier alpha value is -4.37. The van der Waals surface area contributed by atoms with Gasteiger partial charge in [0.15, 0.2) is 0 Å². The Morgan fingerprint density at radius 1 is 0.545 bits per heavy atom. The second kappa shape index (κ2) is 22.6. The molecule has 0 aliphatic carbocycles. The monoisotopic (exact) mass is 1010 g/mol. The van der Waals surface area contributed by atoms with Crippen molar-refractivity contribution in [3.05, 3.63) is 0 Å². The maximum Gasteiger partial charge on any atom is 0.460 e. The van der Waals surface area contributed by atoms with E-state index in [1.165, 1.54) is 26.5 Å². The molecule has 2 amide bonds. The summed E-state index contributed by atoms with van der Waals surface area (Å²) < 4.78 is 231. The molecule has 0 aromatic rings. The number of nitrogens with zero attached hydrogens (tertiary/aromatic N) is 5. The lowest BCUT2D eigenvalue weighted by molar-refractivity contribution is -0.461. The maximum absolute atomic E-state index is 14.4. The molecule has 1 rings (SSSR count). The molecule has 0 aromatic carbocycles. The van der Waals surface area contributed by atoms with Crippen LogP contribution in [0.1, 0.15) is 19.8 Å². The number of carbonyl (C=O) groups excluding carboxylic acids is 3. The number of amides is 2. The summed E-state index contributed by atoms with van der Waals surface area (Å²) in [4.78, 5) is 78.7. The Morgan fingerprint density at radius 2 is 0.894 bits per heavy atom. The highest BCUT2D eigenvalue weighted by Gasteiger charge is 2.95. The number of carboxylic acids is 3. The molecule has 1 heterocycles. The van der Waals surface area contributed by atoms with Crippen LogP contribution in [0.25, 0.3) is 0 Å². The molecule has 1 atom stereocenters. The van der Waals surface area contributed by atoms with E-state index in [0.29, 0.717) is 4.90 Å². The van der Waals surface area contributed by atoms with Crippen LogP contribution in [0.2, 0.25) is 0 Å². The number of halogens is 17. The predicted octanol–water partition coefficient (Wildman–Crippen LogP) is 2.15. The fraction of sp³-hybridized carbons (Fsp3) is 0.818. The minimum Gasteiger partial charge on any atom is -0.480 e. The van der Waals surface area contributed by atoms with E-state index in [4.69, 9.17) is 0 Å². The van der Waals surface area contributed by atoms with Crippen LogP contribution >= 0.6 is 0 Å². The Balaban J connectivity index is 3.18. The Kier molecular flexibility index (Phi) is 20.4. The molecular weight excluding hydrogens is 963 g/mol. The van der Waals surface area contributed by atoms with Crippen LogP contribution in [-0.4, -0.2) is 232 Å². The van der Waals surface area contributed by atoms with Crippen molar-refractivity contribution in [1.82, 2.24) is 29.8 Å². The van der Waals surface area contributed by atoms with Gasteiger partial charge in [-0.2, -0.15) is 74.6 Å². The Bertz CT molecular complexity index is 1680. The molecule has 1 aliphatic heterocycles. The van der Waals surface area contributed by atoms with E-state index in [9.17, 15) is 124 Å². The molecule has 0 bridgehead atoms. The van der Waals surface area contributed by atoms with Gasteiger partial charge in [-0.3, -0.25) is 48.4 Å². The van der Waals surface area contributed by atoms with Crippen LogP contribution < -0.4 is 5.32 Å². The van der Waals surface area contributed by atoms with Crippen LogP contribution in [0.3, 0.4) is 0 Å². The van der Waals surface area contributed by atoms with Crippen LogP contribution in [0.15, 0.2) is 0 Å². The SMILES string of the molecule is CC(C(=O)NCC(=O)N(CCO)CCC(=O)CC(F)(F)C(F)(F)C(F)(F)C(F)(F)C(F)(F)C(F)(F)C(F)(F)C(F)(F)F)N1CCN(CC(=O)O)CCN(CC(=O)O)CCN(CC(=O)O)CC1. The van der Waals surface area contributed by atoms with E-state index < -0.39 is 148 Å². The minimum atomic E-state index is -8.85. The van der Waals surface area contributed by atoms with Gasteiger partial charge in [-0.25, -0.2) is 0 Å². The highest BCUT2D eigenvalue weighted by molar-refractivity contribution is 5.87. The van der Waals surface area contributed by atoms with Gasteiger partial charge >= 0.3 is 65.5 Å². The molecule has 0 spiro atoms. The van der Waals surface area contributed by atoms with E-state index >= 15 is 0 Å². The molecule has 1 unspecified atom stereocenters. The van der Waals surface area contributed by atoms with Crippen molar-refractivity contribution in [2.45, 2.75) is 73.4 Å². The highest BCUT2D eigenvalue weighted by atomic mass is 19.4. The van der Waals surface area contributed by atoms with Crippen LogP contribution in [0.4, 0.5) is 74.6 Å². The molecule has 1 saturated heterocycles. The first-order valence-corrected chi connectivity index (χ1v) is 18.7. The second-order valence-electron chi connectivity index (χ2n) is 14.7. The summed E-state index contributed by atoms with van der Waals surface area (Å²) in [5.41, 5.74) is 0. The first kappa shape index (κ1) is 59.6. The van der Waals surface area contributed by atoms with Gasteiger partial charge < -0.3 is 30.6 Å². The number of aliphatic hydroxyl groups is 1. The molecule has 0 saturated carbocycles. The third kappa shape index (κ3) is 14.1. The number of hydrogen-bond acceptors (Lipinski definition) is 11. The number of aliphatic carboxylic acids is 3. The number of ketones is 1. The number of carbonyl (C=O) groups is 6. The normalized spacial score (nSPS) is 17.6. The van der Waals surface area contributed by atoms with Gasteiger partial charge in [0.1, 0.15) is 5.78 Å². The smallest absolute Gasteiger partial charge is 0.460 e. The fourth-order valence-electron chi connectivity index (χ4n) is 5.96. The van der Waals surface area contributed by atoms with Crippen molar-refractivity contribution in [2.24, 2.45) is 0 Å². The van der Waals surface area contributed by atoms with Crippen LogP contribution in [-0.2, 0) is 28.8 Å². The van der Waals surface area contributed by atoms with Gasteiger partial charge in [-0.05, 0) is 6.92 Å². The van der Waals surface area contributed by atoms with E-state index in [1.54, 1.807) is 0 Å². The third-order valence-electron chi connectivity index (χ3n) is 9.88. The molecule has 16 nitrogen and oxygen atoms in total. The summed E-state index contributed by atoms with van der Waals surface area (Å²) in [7, 11) is 0. The highest BCUT2D eigenvalue weighted by Crippen LogP contribution is 2.64. The molecule has 1 aliphatic rings. The zero-order valence-electron chi connectivity index (χ0n) is 34.0. The predicted molar refractivity (Wildman–Crippen MR) is 185 cm³/mol. The quantitative estimate of drug-likeness (QED) is 0.0930. The minimum absolute atomic E-state index is 0.00831. The van der Waals surface area contributed by atoms with Gasteiger partial charge in [0, 0.05) is 71.9 Å². The van der Waals surface area contributed by atoms with Crippen LogP contribution in [0.5, 0.6) is 0 Å². The standard InChI is InChI=1S/C33H43F17N6O10/c1-19(55-10-8-53(17-23(62)63)6-4-52(16-22(60)61)5-7-54(9-11-55)18-24(64)65)25(66)51-15-21(59)56(12-13-57)3-2-20(58)14-26(34,35)27(36,37)28(38,39)29(40,41)30(42,43)31(44,45)32(46,47)33(48,49)50/h19,57H,2-18H2,1H3,(H,51,66)(H,60,61)(H,62,63)(H,64,65). The maximum atomic E-state index is 14.4. The molecule has 1 fully saturated rings. The number of hydrogen-bond donors (Lipinski definition) is 5. The van der Waals surface area contributed by atoms with Gasteiger partial charge in [-0.1, -0.05) is 0 Å². The Morgan fingerprint density at radius 3 is 1.24 bits per heavy atom. The van der Waals surface area contributed by atoms with Crippen molar-refractivity contribution in [3.8, 4) is 0 Å². The van der Waals surface area contributed by atoms with E-state index in [0.717, 1.165) is 0 Å². The van der Waals surface area contributed by atoms with Crippen LogP contribution in [0, 0.1) is 0 Å². The zero-order valence-corrected chi connectivity index (χ0v) is 34.0. The van der Waals surface area contributed by atoms with Crippen molar-refractivity contribution in [2.75, 3.05) is 98.2 Å². The number of alkyl halides is 17. The second-order valence-corrected chi connectivity index (χ2v) is 14.7. The molecule has 0 radical (unpaired) electrons. The molecule has 33 heteroatoms. The summed E-state index contributed by atoms with van der Waals surface area (Å²) in [5.74, 6) is -66.9. The number of Topliss-reactive ketones (excluding diaryl/α,β-unsaturated/α-hetero) is 1. The van der Waals surface area contributed by atoms with Gasteiger partial charge in [0.25, 0.3) is 0 Å². The average molecular weight is 1010 g/mol. The topological polar surface area (TPSA) is 212 Å². The molecule has 5 N–H and O–H groups in total. The van der Waals surface area contributed by atoms with Crippen molar-refractivity contribution < 1.29 is 124 Å². The summed E-state index contributed by atoms with van der Waals surface area (Å²) in [6.07, 6.45) is -12.9. The van der Waals surface area contributed by atoms with E-state index in [2.05, 4.69) is 5.32 Å². The van der Waals surface area contributed by atoms with E-state index in [1.807, 2.05) is 0 Å². The van der Waals surface area contributed by atoms with Gasteiger partial charge in [0.2, 0.25) is 11.8 Å². The number of aliphatic hydroxyl groups excluding tert-OH is 1. The van der Waals surface area contributed by atoms with Gasteiger partial charge in [0.05, 0.1) is 45.2 Å². The van der Waals surface area contributed by atoms with Gasteiger partial charge in [-0.15, -0.1) is 0 Å². The molecule has 66 heavy (non-hydrogen) atoms. The lowest BCUT2D eigenvalue weighted by Gasteiger charge is -2.42. The third-order valence-corrected chi connectivity index (χ3v) is 9.88. The Labute approximate surface area is 361 Å². The van der Waals surface area contributed by atoms with Crippen molar-refractivity contribution >= 4 is 35.5 Å². The van der Waals surface area contributed by atoms with Crippen molar-refractivity contribution in [1.29, 1.82) is 0 Å². The molecule has 0 aromatic heterocycles. The number of nitrogens with one attached hydrogen (secondary N) is 1. The fourth-order valence-corrected chi connectivity index (χ4v) is 5.96. The largest absolute Gasteiger partial charge is 0.480 e. The summed E-state index contributed by atoms with van der Waals surface area (Å²) in [5, 5.41) is 39.5. The number of carboxylic acid groups (broad SMARTS) is 3. The summed E-state index contributed by atoms with van der Waals surface area (Å²) in [6.45, 7) is -4.85. The lowest BCUT2D eigenvalue weighted by atomic mass is 9.87. The molecule has 384 valence electrons. The summed E-state index contributed by atoms with van der Waals surface area (Å²) in [6, 6.07) is -1.24. The first-order chi connectivity index (χ1) is 29.7. The summed E-state index contributed by atoms with van der Waals surface area (Å²) >= 11 is 0. The number of rotatable bonds is 23. The molecular formula is C33H43F17N6O10. The van der Waals surface area contributed by atoms with Crippen molar-refractivity contribution in [3.63, 3.8) is 0 Å².